The summed E-state index contributed by atoms with van der Waals surface area (Å²) in [5.41, 5.74) is 0.922. The number of sulfonamides is 1. The lowest BCUT2D eigenvalue weighted by atomic mass is 10.1. The van der Waals surface area contributed by atoms with Gasteiger partial charge in [0.15, 0.2) is 0 Å². The molecule has 1 N–H and O–H groups in total. The van der Waals surface area contributed by atoms with E-state index in [0.29, 0.717) is 29.7 Å². The van der Waals surface area contributed by atoms with Crippen molar-refractivity contribution in [3.05, 3.63) is 65.7 Å². The van der Waals surface area contributed by atoms with Crippen LogP contribution in [0.3, 0.4) is 0 Å². The SMILES string of the molecule is COc1ccc(S(=O)(=O)NCCN(C)c2nc(Cc3ccc(F)cc3)ns2)cc1. The summed E-state index contributed by atoms with van der Waals surface area (Å²) in [6.45, 7) is 0.651. The zero-order chi connectivity index (χ0) is 20.9. The molecule has 0 aliphatic carbocycles. The Balaban J connectivity index is 1.53. The molecule has 2 aromatic carbocycles. The van der Waals surface area contributed by atoms with Crippen molar-refractivity contribution in [1.29, 1.82) is 0 Å². The minimum absolute atomic E-state index is 0.179. The van der Waals surface area contributed by atoms with Gasteiger partial charge < -0.3 is 9.64 Å². The second-order valence-electron chi connectivity index (χ2n) is 6.29. The molecule has 10 heteroatoms. The number of benzene rings is 2. The van der Waals surface area contributed by atoms with E-state index in [0.717, 1.165) is 5.56 Å². The maximum atomic E-state index is 13.0. The van der Waals surface area contributed by atoms with Gasteiger partial charge in [-0.15, -0.1) is 0 Å². The number of likely N-dealkylation sites (N-methyl/N-ethyl adjacent to an activating group) is 1. The van der Waals surface area contributed by atoms with Gasteiger partial charge in [0.25, 0.3) is 0 Å². The third-order valence-corrected chi connectivity index (χ3v) is 6.51. The van der Waals surface area contributed by atoms with Crippen molar-refractivity contribution in [2.75, 3.05) is 32.1 Å². The van der Waals surface area contributed by atoms with Crippen molar-refractivity contribution in [3.63, 3.8) is 0 Å². The second kappa shape index (κ2) is 9.29. The van der Waals surface area contributed by atoms with E-state index in [4.69, 9.17) is 4.74 Å². The highest BCUT2D eigenvalue weighted by atomic mass is 32.2. The second-order valence-corrected chi connectivity index (χ2v) is 8.79. The number of hydrogen-bond acceptors (Lipinski definition) is 7. The van der Waals surface area contributed by atoms with Crippen molar-refractivity contribution in [2.24, 2.45) is 0 Å². The first-order chi connectivity index (χ1) is 13.9. The summed E-state index contributed by atoms with van der Waals surface area (Å²) in [7, 11) is -0.250. The number of aromatic nitrogens is 2. The molecule has 1 aromatic heterocycles. The Morgan fingerprint density at radius 3 is 2.48 bits per heavy atom. The van der Waals surface area contributed by atoms with Gasteiger partial charge in [0.1, 0.15) is 17.4 Å². The number of methoxy groups -OCH3 is 1. The number of nitrogens with zero attached hydrogens (tertiary/aromatic N) is 3. The molecule has 7 nitrogen and oxygen atoms in total. The molecule has 0 amide bonds. The van der Waals surface area contributed by atoms with Crippen LogP contribution in [-0.4, -0.2) is 45.0 Å². The van der Waals surface area contributed by atoms with Gasteiger partial charge in [-0.1, -0.05) is 12.1 Å². The number of rotatable bonds is 9. The van der Waals surface area contributed by atoms with Crippen molar-refractivity contribution >= 4 is 26.7 Å². The van der Waals surface area contributed by atoms with Crippen LogP contribution in [0.25, 0.3) is 0 Å². The zero-order valence-corrected chi connectivity index (χ0v) is 17.6. The quantitative estimate of drug-likeness (QED) is 0.555. The van der Waals surface area contributed by atoms with E-state index in [1.54, 1.807) is 24.3 Å². The zero-order valence-electron chi connectivity index (χ0n) is 16.0. The molecule has 3 rings (SSSR count). The van der Waals surface area contributed by atoms with Crippen LogP contribution >= 0.6 is 11.5 Å². The molecule has 154 valence electrons. The summed E-state index contributed by atoms with van der Waals surface area (Å²) >= 11 is 1.24. The van der Waals surface area contributed by atoms with Crippen molar-refractivity contribution in [3.8, 4) is 5.75 Å². The van der Waals surface area contributed by atoms with Crippen LogP contribution in [0, 0.1) is 5.82 Å². The number of nitrogens with one attached hydrogen (secondary N) is 1. The smallest absolute Gasteiger partial charge is 0.240 e. The van der Waals surface area contributed by atoms with Gasteiger partial charge in [0.2, 0.25) is 15.2 Å². The summed E-state index contributed by atoms with van der Waals surface area (Å²) in [5.74, 6) is 0.955. The molecular formula is C19H21FN4O3S2. The lowest BCUT2D eigenvalue weighted by Crippen LogP contribution is -2.33. The van der Waals surface area contributed by atoms with E-state index < -0.39 is 10.0 Å². The Morgan fingerprint density at radius 1 is 1.14 bits per heavy atom. The molecule has 29 heavy (non-hydrogen) atoms. The molecule has 3 aromatic rings. The lowest BCUT2D eigenvalue weighted by molar-refractivity contribution is 0.414. The number of anilines is 1. The first kappa shape index (κ1) is 21.2. The Bertz CT molecular complexity index is 1040. The molecule has 0 aliphatic rings. The molecule has 0 aliphatic heterocycles. The third-order valence-electron chi connectivity index (χ3n) is 4.17. The van der Waals surface area contributed by atoms with Gasteiger partial charge >= 0.3 is 0 Å². The van der Waals surface area contributed by atoms with Crippen molar-refractivity contribution in [1.82, 2.24) is 14.1 Å². The normalized spacial score (nSPS) is 11.4. The summed E-state index contributed by atoms with van der Waals surface area (Å²) in [6.07, 6.45) is 0.509. The van der Waals surface area contributed by atoms with E-state index >= 15 is 0 Å². The van der Waals surface area contributed by atoms with E-state index in [9.17, 15) is 12.8 Å². The Hall–Kier alpha value is -2.56. The topological polar surface area (TPSA) is 84.4 Å². The highest BCUT2D eigenvalue weighted by Crippen LogP contribution is 2.18. The molecule has 0 radical (unpaired) electrons. The summed E-state index contributed by atoms with van der Waals surface area (Å²) in [4.78, 5) is 6.48. The largest absolute Gasteiger partial charge is 0.497 e. The molecule has 0 spiro atoms. The summed E-state index contributed by atoms with van der Waals surface area (Å²) in [6, 6.07) is 12.4. The summed E-state index contributed by atoms with van der Waals surface area (Å²) < 4.78 is 49.6. The fraction of sp³-hybridized carbons (Fsp3) is 0.263. The van der Waals surface area contributed by atoms with Crippen molar-refractivity contribution < 1.29 is 17.5 Å². The van der Waals surface area contributed by atoms with Crippen molar-refractivity contribution in [2.45, 2.75) is 11.3 Å². The van der Waals surface area contributed by atoms with Gasteiger partial charge in [-0.05, 0) is 42.0 Å². The fourth-order valence-electron chi connectivity index (χ4n) is 2.54. The van der Waals surface area contributed by atoms with E-state index in [1.807, 2.05) is 11.9 Å². The van der Waals surface area contributed by atoms with Crippen LogP contribution in [0.1, 0.15) is 11.4 Å². The Kier molecular flexibility index (Phi) is 6.78. The summed E-state index contributed by atoms with van der Waals surface area (Å²) in [5, 5.41) is 0.686. The van der Waals surface area contributed by atoms with Crippen LogP contribution in [0.4, 0.5) is 9.52 Å². The molecule has 0 atom stereocenters. The Labute approximate surface area is 173 Å². The average molecular weight is 437 g/mol. The van der Waals surface area contributed by atoms with Crippen LogP contribution in [0.15, 0.2) is 53.4 Å². The predicted molar refractivity (Wildman–Crippen MR) is 111 cm³/mol. The predicted octanol–water partition coefficient (Wildman–Crippen LogP) is 2.69. The third kappa shape index (κ3) is 5.72. The molecule has 1 heterocycles. The maximum absolute atomic E-state index is 13.0. The number of ether oxygens (including phenoxy) is 1. The molecule has 0 unspecified atom stereocenters. The van der Waals surface area contributed by atoms with Gasteiger partial charge in [0, 0.05) is 38.1 Å². The van der Waals surface area contributed by atoms with E-state index in [-0.39, 0.29) is 17.3 Å². The lowest BCUT2D eigenvalue weighted by Gasteiger charge is -2.15. The average Bonchev–Trinajstić information content (AvgIpc) is 3.18. The highest BCUT2D eigenvalue weighted by Gasteiger charge is 2.15. The molecule has 0 saturated carbocycles. The molecule has 0 bridgehead atoms. The van der Waals surface area contributed by atoms with E-state index in [1.165, 1.54) is 42.9 Å². The molecular weight excluding hydrogens is 415 g/mol. The fourth-order valence-corrected chi connectivity index (χ4v) is 4.23. The van der Waals surface area contributed by atoms with Crippen LogP contribution in [0.5, 0.6) is 5.75 Å². The first-order valence-electron chi connectivity index (χ1n) is 8.79. The van der Waals surface area contributed by atoms with Crippen LogP contribution in [0.2, 0.25) is 0 Å². The Morgan fingerprint density at radius 2 is 1.83 bits per heavy atom. The minimum atomic E-state index is -3.60. The monoisotopic (exact) mass is 436 g/mol. The maximum Gasteiger partial charge on any atom is 0.240 e. The number of halogens is 1. The number of hydrogen-bond donors (Lipinski definition) is 1. The van der Waals surface area contributed by atoms with Gasteiger partial charge in [0.05, 0.1) is 12.0 Å². The minimum Gasteiger partial charge on any atom is -0.497 e. The van der Waals surface area contributed by atoms with Gasteiger partial charge in [-0.3, -0.25) is 0 Å². The first-order valence-corrected chi connectivity index (χ1v) is 11.0. The van der Waals surface area contributed by atoms with Crippen LogP contribution < -0.4 is 14.4 Å². The van der Waals surface area contributed by atoms with Gasteiger partial charge in [-0.2, -0.15) is 4.37 Å². The standard InChI is InChI=1S/C19H21FN4O3S2/c1-24(12-11-21-29(25,26)17-9-7-16(27-2)8-10-17)19-22-18(23-28-19)13-14-3-5-15(20)6-4-14/h3-10,21H,11-13H2,1-2H3. The molecule has 0 fully saturated rings. The van der Waals surface area contributed by atoms with Crippen LogP contribution in [-0.2, 0) is 16.4 Å². The highest BCUT2D eigenvalue weighted by molar-refractivity contribution is 7.89. The van der Waals surface area contributed by atoms with E-state index in [2.05, 4.69) is 14.1 Å². The molecule has 0 saturated heterocycles. The van der Waals surface area contributed by atoms with Gasteiger partial charge in [-0.25, -0.2) is 22.5 Å².